The van der Waals surface area contributed by atoms with Crippen LogP contribution in [0, 0.1) is 5.41 Å². The fourth-order valence-electron chi connectivity index (χ4n) is 1.26. The number of hydrogen-bond donors (Lipinski definition) is 2. The van der Waals surface area contributed by atoms with Crippen LogP contribution < -0.4 is 5.32 Å². The third kappa shape index (κ3) is 5.10. The number of hydrogen-bond acceptors (Lipinski definition) is 3. The van der Waals surface area contributed by atoms with Crippen molar-refractivity contribution in [2.75, 3.05) is 11.1 Å². The lowest BCUT2D eigenvalue weighted by Crippen LogP contribution is -2.28. The molecule has 0 spiro atoms. The summed E-state index contributed by atoms with van der Waals surface area (Å²) in [6, 6.07) is 7.64. The van der Waals surface area contributed by atoms with E-state index in [1.807, 2.05) is 45.0 Å². The standard InChI is InChI=1S/C14H21NO2S/c1-10(16)15-11-5-7-12(8-6-11)18-9-13(17)14(2,3)4/h5-8,13,17H,9H2,1-4H3,(H,15,16). The first-order chi connectivity index (χ1) is 8.29. The molecule has 3 nitrogen and oxygen atoms in total. The number of aliphatic hydroxyl groups is 1. The molecule has 100 valence electrons. The van der Waals surface area contributed by atoms with Gasteiger partial charge in [0, 0.05) is 23.3 Å². The Hall–Kier alpha value is -1.00. The maximum Gasteiger partial charge on any atom is 0.221 e. The number of carbonyl (C=O) groups is 1. The van der Waals surface area contributed by atoms with E-state index in [9.17, 15) is 9.90 Å². The van der Waals surface area contributed by atoms with E-state index in [1.54, 1.807) is 11.8 Å². The van der Waals surface area contributed by atoms with Crippen molar-refractivity contribution >= 4 is 23.4 Å². The van der Waals surface area contributed by atoms with Crippen molar-refractivity contribution in [2.45, 2.75) is 38.7 Å². The third-order valence-electron chi connectivity index (χ3n) is 2.58. The number of carbonyl (C=O) groups excluding carboxylic acids is 1. The monoisotopic (exact) mass is 267 g/mol. The highest BCUT2D eigenvalue weighted by Gasteiger charge is 2.21. The SMILES string of the molecule is CC(=O)Nc1ccc(SCC(O)C(C)(C)C)cc1. The molecular weight excluding hydrogens is 246 g/mol. The van der Waals surface area contributed by atoms with Gasteiger partial charge in [0.25, 0.3) is 0 Å². The molecule has 0 heterocycles. The van der Waals surface area contributed by atoms with Crippen LogP contribution in [0.2, 0.25) is 0 Å². The fraction of sp³-hybridized carbons (Fsp3) is 0.500. The van der Waals surface area contributed by atoms with E-state index in [1.165, 1.54) is 6.92 Å². The zero-order valence-corrected chi connectivity index (χ0v) is 12.2. The van der Waals surface area contributed by atoms with Crippen LogP contribution in [0.1, 0.15) is 27.7 Å². The number of aliphatic hydroxyl groups excluding tert-OH is 1. The minimum absolute atomic E-state index is 0.0708. The van der Waals surface area contributed by atoms with E-state index in [2.05, 4.69) is 5.32 Å². The van der Waals surface area contributed by atoms with E-state index in [0.717, 1.165) is 10.6 Å². The smallest absolute Gasteiger partial charge is 0.221 e. The van der Waals surface area contributed by atoms with Crippen LogP contribution in [0.25, 0.3) is 0 Å². The van der Waals surface area contributed by atoms with Crippen molar-refractivity contribution in [3.8, 4) is 0 Å². The topological polar surface area (TPSA) is 49.3 Å². The molecule has 0 aliphatic rings. The Bertz CT molecular complexity index is 395. The van der Waals surface area contributed by atoms with Crippen LogP contribution in [0.3, 0.4) is 0 Å². The molecule has 0 aliphatic heterocycles. The second-order valence-corrected chi connectivity index (χ2v) is 6.49. The van der Waals surface area contributed by atoms with Gasteiger partial charge in [-0.25, -0.2) is 0 Å². The minimum atomic E-state index is -0.336. The Kier molecular flexibility index (Phi) is 5.23. The Balaban J connectivity index is 2.51. The van der Waals surface area contributed by atoms with Crippen molar-refractivity contribution in [1.82, 2.24) is 0 Å². The lowest BCUT2D eigenvalue weighted by Gasteiger charge is -2.25. The summed E-state index contributed by atoms with van der Waals surface area (Å²) in [6.07, 6.45) is -0.336. The van der Waals surface area contributed by atoms with Gasteiger partial charge >= 0.3 is 0 Å². The molecule has 0 aliphatic carbocycles. The number of benzene rings is 1. The average molecular weight is 267 g/mol. The van der Waals surface area contributed by atoms with Crippen molar-refractivity contribution < 1.29 is 9.90 Å². The van der Waals surface area contributed by atoms with Crippen LogP contribution in [0.15, 0.2) is 29.2 Å². The summed E-state index contributed by atoms with van der Waals surface area (Å²) in [4.78, 5) is 12.0. The molecule has 4 heteroatoms. The van der Waals surface area contributed by atoms with Gasteiger partial charge in [0.2, 0.25) is 5.91 Å². The molecule has 1 aromatic carbocycles. The summed E-state index contributed by atoms with van der Waals surface area (Å²) < 4.78 is 0. The van der Waals surface area contributed by atoms with E-state index in [0.29, 0.717) is 5.75 Å². The van der Waals surface area contributed by atoms with Crippen LogP contribution in [0.5, 0.6) is 0 Å². The molecular formula is C14H21NO2S. The number of thioether (sulfide) groups is 1. The van der Waals surface area contributed by atoms with Crippen LogP contribution >= 0.6 is 11.8 Å². The maximum absolute atomic E-state index is 10.9. The fourth-order valence-corrected chi connectivity index (χ4v) is 2.44. The van der Waals surface area contributed by atoms with Gasteiger partial charge < -0.3 is 10.4 Å². The lowest BCUT2D eigenvalue weighted by molar-refractivity contribution is -0.114. The van der Waals surface area contributed by atoms with Crippen molar-refractivity contribution in [2.24, 2.45) is 5.41 Å². The molecule has 0 fully saturated rings. The minimum Gasteiger partial charge on any atom is -0.392 e. The average Bonchev–Trinajstić information content (AvgIpc) is 2.25. The van der Waals surface area contributed by atoms with E-state index in [4.69, 9.17) is 0 Å². The van der Waals surface area contributed by atoms with Crippen LogP contribution in [0.4, 0.5) is 5.69 Å². The van der Waals surface area contributed by atoms with Gasteiger partial charge in [0.05, 0.1) is 6.10 Å². The summed E-state index contributed by atoms with van der Waals surface area (Å²) in [5.41, 5.74) is 0.701. The van der Waals surface area contributed by atoms with Crippen molar-refractivity contribution in [3.05, 3.63) is 24.3 Å². The van der Waals surface area contributed by atoms with Crippen molar-refractivity contribution in [1.29, 1.82) is 0 Å². The molecule has 0 aromatic heterocycles. The third-order valence-corrected chi connectivity index (χ3v) is 3.67. The summed E-state index contributed by atoms with van der Waals surface area (Å²) in [7, 11) is 0. The molecule has 0 saturated heterocycles. The molecule has 0 radical (unpaired) electrons. The summed E-state index contributed by atoms with van der Waals surface area (Å²) in [5.74, 6) is 0.599. The largest absolute Gasteiger partial charge is 0.392 e. The Labute approximate surface area is 113 Å². The lowest BCUT2D eigenvalue weighted by atomic mass is 9.90. The summed E-state index contributed by atoms with van der Waals surface area (Å²) >= 11 is 1.62. The molecule has 18 heavy (non-hydrogen) atoms. The first-order valence-electron chi connectivity index (χ1n) is 5.97. The van der Waals surface area contributed by atoms with Crippen molar-refractivity contribution in [3.63, 3.8) is 0 Å². The molecule has 1 rings (SSSR count). The predicted molar refractivity (Wildman–Crippen MR) is 76.9 cm³/mol. The quantitative estimate of drug-likeness (QED) is 0.824. The van der Waals surface area contributed by atoms with Gasteiger partial charge in [-0.1, -0.05) is 20.8 Å². The highest BCUT2D eigenvalue weighted by molar-refractivity contribution is 7.99. The molecule has 1 aromatic rings. The summed E-state index contributed by atoms with van der Waals surface area (Å²) in [5, 5.41) is 12.7. The van der Waals surface area contributed by atoms with Crippen LogP contribution in [-0.2, 0) is 4.79 Å². The maximum atomic E-state index is 10.9. The highest BCUT2D eigenvalue weighted by Crippen LogP contribution is 2.27. The van der Waals surface area contributed by atoms with E-state index < -0.39 is 0 Å². The number of nitrogens with one attached hydrogen (secondary N) is 1. The van der Waals surface area contributed by atoms with Gasteiger partial charge in [-0.2, -0.15) is 0 Å². The van der Waals surface area contributed by atoms with Gasteiger partial charge in [-0.05, 0) is 29.7 Å². The van der Waals surface area contributed by atoms with E-state index in [-0.39, 0.29) is 17.4 Å². The zero-order chi connectivity index (χ0) is 13.8. The second kappa shape index (κ2) is 6.25. The Morgan fingerprint density at radius 3 is 2.33 bits per heavy atom. The number of amides is 1. The molecule has 0 bridgehead atoms. The first kappa shape index (κ1) is 15.1. The van der Waals surface area contributed by atoms with Gasteiger partial charge in [-0.3, -0.25) is 4.79 Å². The molecule has 1 atom stereocenters. The number of rotatable bonds is 4. The molecule has 1 amide bonds. The van der Waals surface area contributed by atoms with Gasteiger partial charge in [0.15, 0.2) is 0 Å². The highest BCUT2D eigenvalue weighted by atomic mass is 32.2. The van der Waals surface area contributed by atoms with E-state index >= 15 is 0 Å². The van der Waals surface area contributed by atoms with Gasteiger partial charge in [-0.15, -0.1) is 11.8 Å². The second-order valence-electron chi connectivity index (χ2n) is 5.40. The molecule has 2 N–H and O–H groups in total. The van der Waals surface area contributed by atoms with Crippen LogP contribution in [-0.4, -0.2) is 22.9 Å². The first-order valence-corrected chi connectivity index (χ1v) is 6.96. The normalized spacial score (nSPS) is 13.2. The summed E-state index contributed by atoms with van der Waals surface area (Å²) in [6.45, 7) is 7.57. The van der Waals surface area contributed by atoms with Gasteiger partial charge in [0.1, 0.15) is 0 Å². The Morgan fingerprint density at radius 1 is 1.33 bits per heavy atom. The molecule has 0 saturated carbocycles. The Morgan fingerprint density at radius 2 is 1.89 bits per heavy atom. The number of anilines is 1. The zero-order valence-electron chi connectivity index (χ0n) is 11.4. The predicted octanol–water partition coefficient (Wildman–Crippen LogP) is 3.14. The molecule has 1 unspecified atom stereocenters.